The fourth-order valence-electron chi connectivity index (χ4n) is 4.31. The van der Waals surface area contributed by atoms with Gasteiger partial charge < -0.3 is 10.2 Å². The van der Waals surface area contributed by atoms with E-state index in [2.05, 4.69) is 37.4 Å². The molecule has 1 amide bonds. The Kier molecular flexibility index (Phi) is 4.61. The Hall–Kier alpha value is -1.72. The monoisotopic (exact) mass is 369 g/mol. The smallest absolute Gasteiger partial charge is 0.265 e. The molecule has 1 spiro atoms. The molecule has 2 saturated heterocycles. The molecule has 2 fully saturated rings. The maximum absolute atomic E-state index is 13.1. The number of likely N-dealkylation sites (tertiary alicyclic amines) is 1. The molecule has 138 valence electrons. The Labute approximate surface area is 159 Å². The van der Waals surface area contributed by atoms with Crippen molar-refractivity contribution in [3.8, 4) is 10.6 Å². The van der Waals surface area contributed by atoms with Crippen LogP contribution < -0.4 is 5.32 Å². The third-order valence-corrected chi connectivity index (χ3v) is 7.23. The van der Waals surface area contributed by atoms with Gasteiger partial charge in [-0.05, 0) is 57.6 Å². The summed E-state index contributed by atoms with van der Waals surface area (Å²) in [6, 6.07) is 6.41. The Morgan fingerprint density at radius 1 is 1.19 bits per heavy atom. The van der Waals surface area contributed by atoms with Crippen LogP contribution in [0.2, 0.25) is 0 Å². The van der Waals surface area contributed by atoms with Crippen molar-refractivity contribution >= 4 is 17.2 Å². The summed E-state index contributed by atoms with van der Waals surface area (Å²) < 4.78 is 0. The van der Waals surface area contributed by atoms with Gasteiger partial charge in [0.15, 0.2) is 0 Å². The third kappa shape index (κ3) is 3.19. The van der Waals surface area contributed by atoms with E-state index in [1.807, 2.05) is 11.8 Å². The third-order valence-electron chi connectivity index (χ3n) is 6.05. The number of benzene rings is 1. The number of carbonyl (C=O) groups excluding carboxylic acids is 1. The van der Waals surface area contributed by atoms with Crippen LogP contribution in [0.5, 0.6) is 0 Å². The average Bonchev–Trinajstić information content (AvgIpc) is 3.22. The number of thiazole rings is 1. The molecule has 0 radical (unpaired) electrons. The van der Waals surface area contributed by atoms with Gasteiger partial charge in [-0.1, -0.05) is 23.8 Å². The highest BCUT2D eigenvalue weighted by molar-refractivity contribution is 7.17. The van der Waals surface area contributed by atoms with Crippen LogP contribution >= 0.6 is 11.3 Å². The van der Waals surface area contributed by atoms with Gasteiger partial charge in [-0.3, -0.25) is 4.79 Å². The molecule has 1 aromatic heterocycles. The second kappa shape index (κ2) is 6.78. The summed E-state index contributed by atoms with van der Waals surface area (Å²) in [6.07, 6.45) is 3.49. The van der Waals surface area contributed by atoms with Crippen LogP contribution in [0.15, 0.2) is 18.2 Å². The molecule has 0 atom stereocenters. The van der Waals surface area contributed by atoms with E-state index in [4.69, 9.17) is 4.98 Å². The largest absolute Gasteiger partial charge is 0.338 e. The number of nitrogens with zero attached hydrogens (tertiary/aromatic N) is 2. The van der Waals surface area contributed by atoms with E-state index < -0.39 is 0 Å². The zero-order valence-corrected chi connectivity index (χ0v) is 16.7. The van der Waals surface area contributed by atoms with E-state index in [0.29, 0.717) is 5.41 Å². The van der Waals surface area contributed by atoms with Gasteiger partial charge in [0.2, 0.25) is 0 Å². The number of aryl methyl sites for hydroxylation is 3. The van der Waals surface area contributed by atoms with Crippen molar-refractivity contribution in [2.45, 2.75) is 40.0 Å². The molecule has 1 aromatic carbocycles. The van der Waals surface area contributed by atoms with Crippen molar-refractivity contribution in [1.82, 2.24) is 15.2 Å². The van der Waals surface area contributed by atoms with E-state index in [0.717, 1.165) is 60.2 Å². The van der Waals surface area contributed by atoms with Crippen LogP contribution in [-0.2, 0) is 0 Å². The van der Waals surface area contributed by atoms with E-state index in [1.54, 1.807) is 11.3 Å². The maximum Gasteiger partial charge on any atom is 0.265 e. The first-order valence-corrected chi connectivity index (χ1v) is 10.3. The number of amides is 1. The van der Waals surface area contributed by atoms with Crippen molar-refractivity contribution in [2.75, 3.05) is 26.2 Å². The zero-order chi connectivity index (χ0) is 18.3. The second-order valence-corrected chi connectivity index (χ2v) is 8.97. The highest BCUT2D eigenvalue weighted by atomic mass is 32.1. The van der Waals surface area contributed by atoms with Crippen LogP contribution in [-0.4, -0.2) is 42.0 Å². The van der Waals surface area contributed by atoms with Crippen LogP contribution in [0, 0.1) is 26.2 Å². The fraction of sp³-hybridized carbons (Fsp3) is 0.524. The Morgan fingerprint density at radius 3 is 2.62 bits per heavy atom. The van der Waals surface area contributed by atoms with Gasteiger partial charge in [0.05, 0.1) is 5.69 Å². The predicted octanol–water partition coefficient (Wildman–Crippen LogP) is 3.95. The number of nitrogens with one attached hydrogen (secondary N) is 1. The van der Waals surface area contributed by atoms with Gasteiger partial charge in [0, 0.05) is 25.2 Å². The topological polar surface area (TPSA) is 45.2 Å². The number of carbonyl (C=O) groups is 1. The summed E-state index contributed by atoms with van der Waals surface area (Å²) in [5, 5.41) is 4.44. The molecule has 0 aliphatic carbocycles. The molecule has 1 N–H and O–H groups in total. The van der Waals surface area contributed by atoms with Crippen molar-refractivity contribution in [2.24, 2.45) is 5.41 Å². The highest BCUT2D eigenvalue weighted by Crippen LogP contribution is 2.38. The van der Waals surface area contributed by atoms with Gasteiger partial charge in [0.1, 0.15) is 9.88 Å². The molecule has 0 unspecified atom stereocenters. The summed E-state index contributed by atoms with van der Waals surface area (Å²) in [7, 11) is 0. The first-order valence-electron chi connectivity index (χ1n) is 9.53. The Morgan fingerprint density at radius 2 is 1.96 bits per heavy atom. The average molecular weight is 370 g/mol. The minimum atomic E-state index is 0.164. The zero-order valence-electron chi connectivity index (χ0n) is 15.9. The van der Waals surface area contributed by atoms with Crippen LogP contribution in [0.25, 0.3) is 10.6 Å². The lowest BCUT2D eigenvalue weighted by molar-refractivity contribution is 0.0611. The molecule has 0 saturated carbocycles. The SMILES string of the molecule is Cc1ccc(-c2nc(C)c(C(=O)N3CCC4(CCNC4)CC3)s2)c(C)c1. The van der Waals surface area contributed by atoms with Crippen molar-refractivity contribution in [3.05, 3.63) is 39.9 Å². The summed E-state index contributed by atoms with van der Waals surface area (Å²) in [6.45, 7) is 10.2. The normalized spacial score (nSPS) is 19.3. The summed E-state index contributed by atoms with van der Waals surface area (Å²) >= 11 is 1.54. The van der Waals surface area contributed by atoms with Gasteiger partial charge in [-0.25, -0.2) is 4.98 Å². The quantitative estimate of drug-likeness (QED) is 0.872. The predicted molar refractivity (Wildman–Crippen MR) is 107 cm³/mol. The molecule has 0 bridgehead atoms. The molecule has 4 rings (SSSR count). The second-order valence-electron chi connectivity index (χ2n) is 7.97. The van der Waals surface area contributed by atoms with Crippen LogP contribution in [0.3, 0.4) is 0 Å². The van der Waals surface area contributed by atoms with Gasteiger partial charge >= 0.3 is 0 Å². The standard InChI is InChI=1S/C21H27N3OS/c1-14-4-5-17(15(2)12-14)19-23-16(3)18(26-19)20(25)24-10-7-21(8-11-24)6-9-22-13-21/h4-5,12,22H,6-11,13H2,1-3H3. The summed E-state index contributed by atoms with van der Waals surface area (Å²) in [4.78, 5) is 20.7. The lowest BCUT2D eigenvalue weighted by atomic mass is 9.78. The lowest BCUT2D eigenvalue weighted by Crippen LogP contribution is -2.44. The molecule has 2 aliphatic rings. The van der Waals surface area contributed by atoms with Crippen molar-refractivity contribution < 1.29 is 4.79 Å². The maximum atomic E-state index is 13.1. The van der Waals surface area contributed by atoms with E-state index in [9.17, 15) is 4.79 Å². The molecular formula is C21H27N3OS. The minimum absolute atomic E-state index is 0.164. The summed E-state index contributed by atoms with van der Waals surface area (Å²) in [5.41, 5.74) is 4.89. The van der Waals surface area contributed by atoms with Crippen molar-refractivity contribution in [1.29, 1.82) is 0 Å². The minimum Gasteiger partial charge on any atom is -0.338 e. The van der Waals surface area contributed by atoms with Gasteiger partial charge in [-0.15, -0.1) is 11.3 Å². The molecule has 2 aromatic rings. The number of rotatable bonds is 2. The number of piperidine rings is 1. The molecule has 2 aliphatic heterocycles. The van der Waals surface area contributed by atoms with Gasteiger partial charge in [0.25, 0.3) is 5.91 Å². The van der Waals surface area contributed by atoms with E-state index in [1.165, 1.54) is 17.5 Å². The molecule has 3 heterocycles. The van der Waals surface area contributed by atoms with E-state index >= 15 is 0 Å². The Bertz CT molecular complexity index is 826. The fourth-order valence-corrected chi connectivity index (χ4v) is 5.44. The summed E-state index contributed by atoms with van der Waals surface area (Å²) in [5.74, 6) is 0.164. The number of hydrogen-bond donors (Lipinski definition) is 1. The first kappa shape index (κ1) is 17.7. The van der Waals surface area contributed by atoms with Crippen molar-refractivity contribution in [3.63, 3.8) is 0 Å². The molecule has 4 nitrogen and oxygen atoms in total. The highest BCUT2D eigenvalue weighted by Gasteiger charge is 2.38. The Balaban J connectivity index is 1.53. The molecule has 26 heavy (non-hydrogen) atoms. The van der Waals surface area contributed by atoms with Gasteiger partial charge in [-0.2, -0.15) is 0 Å². The number of aromatic nitrogens is 1. The number of hydrogen-bond acceptors (Lipinski definition) is 4. The van der Waals surface area contributed by atoms with E-state index in [-0.39, 0.29) is 5.91 Å². The lowest BCUT2D eigenvalue weighted by Gasteiger charge is -2.38. The first-order chi connectivity index (χ1) is 12.5. The molecule has 5 heteroatoms. The molecular weight excluding hydrogens is 342 g/mol. The van der Waals surface area contributed by atoms with Crippen LogP contribution in [0.4, 0.5) is 0 Å². The van der Waals surface area contributed by atoms with Crippen LogP contribution in [0.1, 0.15) is 45.8 Å².